The molecule has 2 amide bonds. The summed E-state index contributed by atoms with van der Waals surface area (Å²) >= 11 is 0. The second kappa shape index (κ2) is 8.25. The Morgan fingerprint density at radius 1 is 1.14 bits per heavy atom. The van der Waals surface area contributed by atoms with Crippen LogP contribution in [0.2, 0.25) is 0 Å². The Kier molecular flexibility index (Phi) is 5.78. The second-order valence-electron chi connectivity index (χ2n) is 6.99. The molecule has 0 aromatic heterocycles. The fourth-order valence-corrected chi connectivity index (χ4v) is 2.95. The SMILES string of the molecule is CC[C@@H](C)NC(=O)c1ccc(CN2C(=O)COc3ccc(C(C)=O)cc32)cc1. The molecule has 6 nitrogen and oxygen atoms in total. The number of ketones is 1. The van der Waals surface area contributed by atoms with Crippen molar-refractivity contribution in [3.63, 3.8) is 0 Å². The lowest BCUT2D eigenvalue weighted by atomic mass is 10.1. The third kappa shape index (κ3) is 4.22. The molecule has 1 aliphatic heterocycles. The van der Waals surface area contributed by atoms with Gasteiger partial charge in [0.1, 0.15) is 5.75 Å². The number of Topliss-reactive ketones (excluding diaryl/α,β-unsaturated/α-hetero) is 1. The number of carbonyl (C=O) groups excluding carboxylic acids is 3. The lowest BCUT2D eigenvalue weighted by Crippen LogP contribution is -2.38. The van der Waals surface area contributed by atoms with Crippen molar-refractivity contribution in [3.8, 4) is 5.75 Å². The molecular weight excluding hydrogens is 356 g/mol. The molecule has 6 heteroatoms. The minimum atomic E-state index is -0.174. The molecule has 0 aliphatic carbocycles. The quantitative estimate of drug-likeness (QED) is 0.780. The van der Waals surface area contributed by atoms with E-state index in [0.29, 0.717) is 29.1 Å². The lowest BCUT2D eigenvalue weighted by Gasteiger charge is -2.29. The van der Waals surface area contributed by atoms with Crippen LogP contribution in [0.25, 0.3) is 0 Å². The number of hydrogen-bond acceptors (Lipinski definition) is 4. The number of carbonyl (C=O) groups is 3. The van der Waals surface area contributed by atoms with Crippen molar-refractivity contribution in [2.24, 2.45) is 0 Å². The van der Waals surface area contributed by atoms with E-state index in [-0.39, 0.29) is 30.2 Å². The van der Waals surface area contributed by atoms with E-state index in [9.17, 15) is 14.4 Å². The average molecular weight is 380 g/mol. The molecule has 28 heavy (non-hydrogen) atoms. The van der Waals surface area contributed by atoms with Crippen LogP contribution in [0.3, 0.4) is 0 Å². The molecule has 0 unspecified atom stereocenters. The first kappa shape index (κ1) is 19.6. The van der Waals surface area contributed by atoms with Crippen LogP contribution >= 0.6 is 0 Å². The molecule has 0 fully saturated rings. The van der Waals surface area contributed by atoms with Gasteiger partial charge in [-0.15, -0.1) is 0 Å². The van der Waals surface area contributed by atoms with Gasteiger partial charge in [0.2, 0.25) is 0 Å². The minimum absolute atomic E-state index is 0.0399. The van der Waals surface area contributed by atoms with Crippen molar-refractivity contribution in [2.45, 2.75) is 39.8 Å². The number of nitrogens with zero attached hydrogens (tertiary/aromatic N) is 1. The number of ether oxygens (including phenoxy) is 1. The van der Waals surface area contributed by atoms with Crippen LogP contribution in [0.1, 0.15) is 53.5 Å². The molecule has 2 aromatic carbocycles. The van der Waals surface area contributed by atoms with Crippen molar-refractivity contribution < 1.29 is 19.1 Å². The Labute approximate surface area is 164 Å². The fourth-order valence-electron chi connectivity index (χ4n) is 2.95. The lowest BCUT2D eigenvalue weighted by molar-refractivity contribution is -0.121. The highest BCUT2D eigenvalue weighted by atomic mass is 16.5. The van der Waals surface area contributed by atoms with Crippen LogP contribution in [-0.4, -0.2) is 30.2 Å². The third-order valence-corrected chi connectivity index (χ3v) is 4.86. The smallest absolute Gasteiger partial charge is 0.265 e. The van der Waals surface area contributed by atoms with Crippen LogP contribution in [0.15, 0.2) is 42.5 Å². The number of nitrogens with one attached hydrogen (secondary N) is 1. The van der Waals surface area contributed by atoms with E-state index in [2.05, 4.69) is 5.32 Å². The Morgan fingerprint density at radius 3 is 2.46 bits per heavy atom. The number of fused-ring (bicyclic) bond motifs is 1. The van der Waals surface area contributed by atoms with Crippen molar-refractivity contribution in [1.82, 2.24) is 5.32 Å². The van der Waals surface area contributed by atoms with Gasteiger partial charge in [0, 0.05) is 17.2 Å². The van der Waals surface area contributed by atoms with Gasteiger partial charge in [-0.25, -0.2) is 0 Å². The summed E-state index contributed by atoms with van der Waals surface area (Å²) in [7, 11) is 0. The number of amides is 2. The summed E-state index contributed by atoms with van der Waals surface area (Å²) in [5.74, 6) is 0.221. The Bertz CT molecular complexity index is 905. The zero-order valence-corrected chi connectivity index (χ0v) is 16.3. The molecule has 0 bridgehead atoms. The van der Waals surface area contributed by atoms with Crippen molar-refractivity contribution >= 4 is 23.3 Å². The van der Waals surface area contributed by atoms with Gasteiger partial charge in [-0.2, -0.15) is 0 Å². The van der Waals surface area contributed by atoms with Crippen LogP contribution in [0.5, 0.6) is 5.75 Å². The normalized spacial score (nSPS) is 14.1. The van der Waals surface area contributed by atoms with Gasteiger partial charge < -0.3 is 15.0 Å². The molecule has 1 heterocycles. The van der Waals surface area contributed by atoms with E-state index in [0.717, 1.165) is 12.0 Å². The first-order chi connectivity index (χ1) is 13.4. The zero-order valence-electron chi connectivity index (χ0n) is 16.3. The van der Waals surface area contributed by atoms with Gasteiger partial charge in [0.15, 0.2) is 12.4 Å². The Morgan fingerprint density at radius 2 is 1.82 bits per heavy atom. The van der Waals surface area contributed by atoms with E-state index in [1.807, 2.05) is 26.0 Å². The summed E-state index contributed by atoms with van der Waals surface area (Å²) in [4.78, 5) is 37.9. The highest BCUT2D eigenvalue weighted by molar-refractivity contribution is 6.01. The summed E-state index contributed by atoms with van der Waals surface area (Å²) in [5.41, 5.74) is 2.58. The zero-order chi connectivity index (χ0) is 20.3. The maximum Gasteiger partial charge on any atom is 0.265 e. The van der Waals surface area contributed by atoms with E-state index >= 15 is 0 Å². The maximum absolute atomic E-state index is 12.4. The van der Waals surface area contributed by atoms with E-state index < -0.39 is 0 Å². The highest BCUT2D eigenvalue weighted by Gasteiger charge is 2.26. The van der Waals surface area contributed by atoms with E-state index in [4.69, 9.17) is 4.74 Å². The second-order valence-corrected chi connectivity index (χ2v) is 6.99. The van der Waals surface area contributed by atoms with Crippen molar-refractivity contribution in [1.29, 1.82) is 0 Å². The molecule has 0 saturated carbocycles. The van der Waals surface area contributed by atoms with Gasteiger partial charge in [0.05, 0.1) is 12.2 Å². The molecular formula is C22H24N2O4. The number of rotatable bonds is 6. The summed E-state index contributed by atoms with van der Waals surface area (Å²) in [6.07, 6.45) is 0.866. The molecule has 3 rings (SSSR count). The highest BCUT2D eigenvalue weighted by Crippen LogP contribution is 2.34. The first-order valence-electron chi connectivity index (χ1n) is 9.37. The molecule has 1 N–H and O–H groups in total. The molecule has 146 valence electrons. The van der Waals surface area contributed by atoms with Gasteiger partial charge in [-0.3, -0.25) is 14.4 Å². The van der Waals surface area contributed by atoms with Crippen molar-refractivity contribution in [2.75, 3.05) is 11.5 Å². The number of benzene rings is 2. The van der Waals surface area contributed by atoms with Gasteiger partial charge in [-0.1, -0.05) is 19.1 Å². The summed E-state index contributed by atoms with van der Waals surface area (Å²) in [6.45, 7) is 5.76. The fraction of sp³-hybridized carbons (Fsp3) is 0.318. The Hall–Kier alpha value is -3.15. The van der Waals surface area contributed by atoms with E-state index in [1.54, 1.807) is 35.2 Å². The van der Waals surface area contributed by atoms with Crippen molar-refractivity contribution in [3.05, 3.63) is 59.2 Å². The molecule has 1 atom stereocenters. The van der Waals surface area contributed by atoms with Crippen LogP contribution in [0, 0.1) is 0 Å². The van der Waals surface area contributed by atoms with E-state index in [1.165, 1.54) is 6.92 Å². The molecule has 0 saturated heterocycles. The first-order valence-corrected chi connectivity index (χ1v) is 9.37. The van der Waals surface area contributed by atoms with Crippen LogP contribution < -0.4 is 15.0 Å². The van der Waals surface area contributed by atoms with Crippen LogP contribution in [-0.2, 0) is 11.3 Å². The molecule has 0 spiro atoms. The predicted molar refractivity (Wildman–Crippen MR) is 107 cm³/mol. The third-order valence-electron chi connectivity index (χ3n) is 4.86. The largest absolute Gasteiger partial charge is 0.482 e. The minimum Gasteiger partial charge on any atom is -0.482 e. The standard InChI is InChI=1S/C22H24N2O4/c1-4-14(2)23-22(27)17-7-5-16(6-8-17)12-24-19-11-18(15(3)25)9-10-20(19)28-13-21(24)26/h5-11,14H,4,12-13H2,1-3H3,(H,23,27)/t14-/m1/s1. The van der Waals surface area contributed by atoms with Gasteiger partial charge >= 0.3 is 0 Å². The van der Waals surface area contributed by atoms with Crippen LogP contribution in [0.4, 0.5) is 5.69 Å². The average Bonchev–Trinajstić information content (AvgIpc) is 2.70. The molecule has 1 aliphatic rings. The Balaban J connectivity index is 1.80. The number of hydrogen-bond donors (Lipinski definition) is 1. The summed E-state index contributed by atoms with van der Waals surface area (Å²) in [5, 5.41) is 2.93. The predicted octanol–water partition coefficient (Wildman–Crippen LogP) is 3.34. The summed E-state index contributed by atoms with van der Waals surface area (Å²) < 4.78 is 5.48. The summed E-state index contributed by atoms with van der Waals surface area (Å²) in [6, 6.07) is 12.4. The van der Waals surface area contributed by atoms with Gasteiger partial charge in [-0.05, 0) is 56.2 Å². The van der Waals surface area contributed by atoms with Gasteiger partial charge in [0.25, 0.3) is 11.8 Å². The topological polar surface area (TPSA) is 75.7 Å². The maximum atomic E-state index is 12.4. The number of anilines is 1. The molecule has 0 radical (unpaired) electrons. The monoisotopic (exact) mass is 380 g/mol. The molecule has 2 aromatic rings.